The van der Waals surface area contributed by atoms with Crippen LogP contribution in [0.15, 0.2) is 12.2 Å². The zero-order valence-electron chi connectivity index (χ0n) is 11.0. The fraction of sp³-hybridized carbons (Fsp3) is 0.769. The Labute approximate surface area is 107 Å². The molecule has 5 heteroatoms. The van der Waals surface area contributed by atoms with E-state index < -0.39 is 11.9 Å². The highest BCUT2D eigenvalue weighted by atomic mass is 16.8. The first-order valence-electron chi connectivity index (χ1n) is 6.27. The molecule has 102 valence electrons. The van der Waals surface area contributed by atoms with Crippen LogP contribution in [-0.2, 0) is 19.0 Å². The maximum absolute atomic E-state index is 11.7. The second-order valence-corrected chi connectivity index (χ2v) is 5.33. The second-order valence-electron chi connectivity index (χ2n) is 5.33. The van der Waals surface area contributed by atoms with E-state index in [1.165, 1.54) is 0 Å². The van der Waals surface area contributed by atoms with Gasteiger partial charge in [-0.25, -0.2) is 0 Å². The summed E-state index contributed by atoms with van der Waals surface area (Å²) in [7, 11) is 0. The maximum Gasteiger partial charge on any atom is 0.308 e. The van der Waals surface area contributed by atoms with Gasteiger partial charge in [0.1, 0.15) is 18.3 Å². The van der Waals surface area contributed by atoms with Gasteiger partial charge in [-0.15, -0.1) is 0 Å². The van der Waals surface area contributed by atoms with Gasteiger partial charge in [0.15, 0.2) is 5.79 Å². The van der Waals surface area contributed by atoms with Crippen molar-refractivity contribution in [2.45, 2.75) is 63.8 Å². The van der Waals surface area contributed by atoms with Crippen LogP contribution in [0.5, 0.6) is 0 Å². The molecule has 5 nitrogen and oxygen atoms in total. The summed E-state index contributed by atoms with van der Waals surface area (Å²) in [4.78, 5) is 11.7. The number of rotatable bonds is 0. The van der Waals surface area contributed by atoms with Crippen molar-refractivity contribution in [1.29, 1.82) is 0 Å². The molecule has 2 aliphatic rings. The average Bonchev–Trinajstić information content (AvgIpc) is 2.48. The Morgan fingerprint density at radius 2 is 2.06 bits per heavy atom. The minimum atomic E-state index is -0.718. The van der Waals surface area contributed by atoms with Crippen LogP contribution < -0.4 is 0 Å². The summed E-state index contributed by atoms with van der Waals surface area (Å²) >= 11 is 0. The van der Waals surface area contributed by atoms with Crippen LogP contribution in [0.4, 0.5) is 0 Å². The Morgan fingerprint density at radius 3 is 2.78 bits per heavy atom. The molecule has 0 aromatic rings. The number of hydrogen-bond donors (Lipinski definition) is 1. The van der Waals surface area contributed by atoms with Crippen LogP contribution in [0, 0.1) is 0 Å². The Kier molecular flexibility index (Phi) is 3.75. The maximum atomic E-state index is 11.7. The quantitative estimate of drug-likeness (QED) is 0.520. The highest BCUT2D eigenvalue weighted by molar-refractivity contribution is 5.70. The van der Waals surface area contributed by atoms with Crippen LogP contribution in [0.2, 0.25) is 0 Å². The van der Waals surface area contributed by atoms with Crippen LogP contribution >= 0.6 is 0 Å². The molecule has 0 aromatic carbocycles. The van der Waals surface area contributed by atoms with E-state index in [1.807, 2.05) is 0 Å². The van der Waals surface area contributed by atoms with E-state index in [-0.39, 0.29) is 30.7 Å². The molecule has 0 spiro atoms. The van der Waals surface area contributed by atoms with Gasteiger partial charge in [-0.05, 0) is 20.8 Å². The van der Waals surface area contributed by atoms with E-state index in [0.717, 1.165) is 0 Å². The minimum Gasteiger partial charge on any atom is -0.462 e. The third kappa shape index (κ3) is 3.31. The van der Waals surface area contributed by atoms with E-state index in [9.17, 15) is 9.90 Å². The summed E-state index contributed by atoms with van der Waals surface area (Å²) in [6.07, 6.45) is 2.38. The Balaban J connectivity index is 2.16. The molecule has 0 bridgehead atoms. The van der Waals surface area contributed by atoms with Gasteiger partial charge in [0, 0.05) is 6.42 Å². The molecule has 0 amide bonds. The van der Waals surface area contributed by atoms with E-state index in [2.05, 4.69) is 0 Å². The lowest BCUT2D eigenvalue weighted by Gasteiger charge is -2.20. The van der Waals surface area contributed by atoms with Crippen molar-refractivity contribution in [2.75, 3.05) is 0 Å². The third-order valence-electron chi connectivity index (χ3n) is 3.02. The number of cyclic esters (lactones) is 1. The fourth-order valence-corrected chi connectivity index (χ4v) is 2.33. The third-order valence-corrected chi connectivity index (χ3v) is 3.02. The Bertz CT molecular complexity index is 349. The molecule has 0 unspecified atom stereocenters. The summed E-state index contributed by atoms with van der Waals surface area (Å²) < 4.78 is 16.6. The Morgan fingerprint density at radius 1 is 1.33 bits per heavy atom. The smallest absolute Gasteiger partial charge is 0.308 e. The summed E-state index contributed by atoms with van der Waals surface area (Å²) in [5.41, 5.74) is 0. The largest absolute Gasteiger partial charge is 0.462 e. The Hall–Kier alpha value is -0.910. The lowest BCUT2D eigenvalue weighted by molar-refractivity contribution is -0.158. The summed E-state index contributed by atoms with van der Waals surface area (Å²) in [6.45, 7) is 5.37. The molecule has 4 atom stereocenters. The highest BCUT2D eigenvalue weighted by Crippen LogP contribution is 2.31. The topological polar surface area (TPSA) is 65.0 Å². The van der Waals surface area contributed by atoms with Gasteiger partial charge in [0.2, 0.25) is 0 Å². The van der Waals surface area contributed by atoms with Crippen molar-refractivity contribution in [3.05, 3.63) is 12.2 Å². The molecule has 0 aromatic heterocycles. The molecule has 0 saturated carbocycles. The summed E-state index contributed by atoms with van der Waals surface area (Å²) in [5.74, 6) is -1.04. The molecule has 2 aliphatic heterocycles. The van der Waals surface area contributed by atoms with Crippen molar-refractivity contribution in [2.24, 2.45) is 0 Å². The second kappa shape index (κ2) is 4.99. The predicted octanol–water partition coefficient (Wildman–Crippen LogP) is 1.15. The molecule has 18 heavy (non-hydrogen) atoms. The lowest BCUT2D eigenvalue weighted by Crippen LogP contribution is -2.29. The first-order chi connectivity index (χ1) is 8.35. The van der Waals surface area contributed by atoms with E-state index in [0.29, 0.717) is 6.42 Å². The first kappa shape index (κ1) is 13.5. The molecule has 0 aliphatic carbocycles. The normalized spacial score (nSPS) is 41.9. The summed E-state index contributed by atoms with van der Waals surface area (Å²) in [5, 5.41) is 9.76. The lowest BCUT2D eigenvalue weighted by atomic mass is 10.1. The predicted molar refractivity (Wildman–Crippen MR) is 63.8 cm³/mol. The number of aliphatic hydroxyl groups excluding tert-OH is 1. The SMILES string of the molecule is C[C@@H]1C[C@H](O)/C=C/[C@@H]2OC(C)(C)O[C@H]2CC(=O)O1. The van der Waals surface area contributed by atoms with Gasteiger partial charge in [-0.3, -0.25) is 4.79 Å². The molecule has 2 rings (SSSR count). The van der Waals surface area contributed by atoms with Crippen molar-refractivity contribution in [3.8, 4) is 0 Å². The highest BCUT2D eigenvalue weighted by Gasteiger charge is 2.41. The number of carbonyl (C=O) groups is 1. The van der Waals surface area contributed by atoms with E-state index in [1.54, 1.807) is 32.9 Å². The number of esters is 1. The fourth-order valence-electron chi connectivity index (χ4n) is 2.33. The standard InChI is InChI=1S/C13H20O5/c1-8-6-9(14)4-5-10-11(7-12(15)16-8)18-13(2,3)17-10/h4-5,8-11,14H,6-7H2,1-3H3/b5-4+/t8-,9-,10+,11+/m1/s1. The van der Waals surface area contributed by atoms with Gasteiger partial charge < -0.3 is 19.3 Å². The van der Waals surface area contributed by atoms with Crippen LogP contribution in [0.1, 0.15) is 33.6 Å². The zero-order chi connectivity index (χ0) is 13.3. The number of ether oxygens (including phenoxy) is 3. The van der Waals surface area contributed by atoms with Gasteiger partial charge in [-0.2, -0.15) is 0 Å². The minimum absolute atomic E-state index is 0.166. The van der Waals surface area contributed by atoms with E-state index in [4.69, 9.17) is 14.2 Å². The van der Waals surface area contributed by atoms with E-state index >= 15 is 0 Å². The van der Waals surface area contributed by atoms with Gasteiger partial charge in [0.05, 0.1) is 12.5 Å². The van der Waals surface area contributed by atoms with Gasteiger partial charge in [-0.1, -0.05) is 12.2 Å². The molecular weight excluding hydrogens is 236 g/mol. The summed E-state index contributed by atoms with van der Waals surface area (Å²) in [6, 6.07) is 0. The monoisotopic (exact) mass is 256 g/mol. The number of carbonyl (C=O) groups excluding carboxylic acids is 1. The number of fused-ring (bicyclic) bond motifs is 1. The number of aliphatic hydroxyl groups is 1. The molecule has 1 saturated heterocycles. The van der Waals surface area contributed by atoms with Gasteiger partial charge in [0.25, 0.3) is 0 Å². The van der Waals surface area contributed by atoms with Crippen LogP contribution in [-0.4, -0.2) is 41.3 Å². The molecule has 1 N–H and O–H groups in total. The first-order valence-corrected chi connectivity index (χ1v) is 6.27. The van der Waals surface area contributed by atoms with Crippen LogP contribution in [0.25, 0.3) is 0 Å². The van der Waals surface area contributed by atoms with Crippen molar-refractivity contribution in [1.82, 2.24) is 0 Å². The van der Waals surface area contributed by atoms with Crippen molar-refractivity contribution >= 4 is 5.97 Å². The van der Waals surface area contributed by atoms with Crippen LogP contribution in [0.3, 0.4) is 0 Å². The average molecular weight is 256 g/mol. The molecular formula is C13H20O5. The molecule has 0 radical (unpaired) electrons. The van der Waals surface area contributed by atoms with Gasteiger partial charge >= 0.3 is 5.97 Å². The zero-order valence-corrected chi connectivity index (χ0v) is 11.0. The van der Waals surface area contributed by atoms with Crippen molar-refractivity contribution in [3.63, 3.8) is 0 Å². The van der Waals surface area contributed by atoms with Crippen molar-refractivity contribution < 1.29 is 24.1 Å². The number of hydrogen-bond acceptors (Lipinski definition) is 5. The molecule has 2 heterocycles. The molecule has 1 fully saturated rings.